The summed E-state index contributed by atoms with van der Waals surface area (Å²) in [7, 11) is 1.67. The molecule has 0 bridgehead atoms. The van der Waals surface area contributed by atoms with Gasteiger partial charge in [0.15, 0.2) is 0 Å². The largest absolute Gasteiger partial charge is 0.496 e. The van der Waals surface area contributed by atoms with Gasteiger partial charge in [-0.2, -0.15) is 0 Å². The van der Waals surface area contributed by atoms with E-state index in [0.29, 0.717) is 0 Å². The molecule has 2 aromatic rings. The molecule has 0 heterocycles. The first-order chi connectivity index (χ1) is 9.01. The molecule has 0 saturated carbocycles. The number of rotatable bonds is 3. The van der Waals surface area contributed by atoms with Gasteiger partial charge in [0.2, 0.25) is 0 Å². The third kappa shape index (κ3) is 3.31. The quantitative estimate of drug-likeness (QED) is 0.680. The molecule has 0 amide bonds. The molecule has 1 atom stereocenters. The second-order valence-electron chi connectivity index (χ2n) is 4.67. The summed E-state index contributed by atoms with van der Waals surface area (Å²) in [6.07, 6.45) is 0. The number of aryl methyl sites for hydroxylation is 2. The summed E-state index contributed by atoms with van der Waals surface area (Å²) in [4.78, 5) is 0. The summed E-state index contributed by atoms with van der Waals surface area (Å²) in [5, 5.41) is -0.217. The molecule has 1 nitrogen and oxygen atoms in total. The molecule has 0 N–H and O–H groups in total. The topological polar surface area (TPSA) is 9.23 Å². The van der Waals surface area contributed by atoms with E-state index >= 15 is 0 Å². The Kier molecular flexibility index (Phi) is 4.54. The van der Waals surface area contributed by atoms with Crippen molar-refractivity contribution in [2.24, 2.45) is 0 Å². The summed E-state index contributed by atoms with van der Waals surface area (Å²) in [5.74, 6) is 0.822. The molecule has 3 heteroatoms. The fourth-order valence-corrected chi connectivity index (χ4v) is 3.06. The predicted octanol–water partition coefficient (Wildman–Crippen LogP) is 5.40. The van der Waals surface area contributed by atoms with E-state index < -0.39 is 0 Å². The molecule has 0 fully saturated rings. The fourth-order valence-electron chi connectivity index (χ4n) is 2.14. The van der Waals surface area contributed by atoms with Crippen molar-refractivity contribution in [3.05, 3.63) is 63.1 Å². The van der Waals surface area contributed by atoms with Crippen molar-refractivity contribution in [1.82, 2.24) is 0 Å². The van der Waals surface area contributed by atoms with E-state index in [1.807, 2.05) is 18.2 Å². The van der Waals surface area contributed by atoms with Crippen LogP contribution in [-0.2, 0) is 0 Å². The van der Waals surface area contributed by atoms with Gasteiger partial charge in [0.05, 0.1) is 12.5 Å². The van der Waals surface area contributed by atoms with Crippen molar-refractivity contribution in [2.75, 3.05) is 7.11 Å². The van der Waals surface area contributed by atoms with E-state index in [4.69, 9.17) is 16.3 Å². The van der Waals surface area contributed by atoms with Crippen LogP contribution in [0.25, 0.3) is 0 Å². The standard InChI is InChI=1S/C16H16BrClO/c1-10-4-5-15(19-3)14(8-10)16(18)12-6-11(2)7-13(17)9-12/h4-9,16H,1-3H3. The molecule has 2 rings (SSSR count). The second kappa shape index (κ2) is 5.98. The Bertz CT molecular complexity index is 575. The Labute approximate surface area is 127 Å². The Morgan fingerprint density at radius 3 is 2.42 bits per heavy atom. The molecule has 19 heavy (non-hydrogen) atoms. The van der Waals surface area contributed by atoms with Crippen LogP contribution in [0.1, 0.15) is 27.6 Å². The first-order valence-corrected chi connectivity index (χ1v) is 7.30. The molecule has 0 spiro atoms. The fraction of sp³-hybridized carbons (Fsp3) is 0.250. The average Bonchev–Trinajstić information content (AvgIpc) is 2.36. The Morgan fingerprint density at radius 2 is 1.79 bits per heavy atom. The monoisotopic (exact) mass is 338 g/mol. The molecule has 1 unspecified atom stereocenters. The minimum atomic E-state index is -0.217. The van der Waals surface area contributed by atoms with Crippen LogP contribution in [-0.4, -0.2) is 7.11 Å². The van der Waals surface area contributed by atoms with Crippen LogP contribution in [0.5, 0.6) is 5.75 Å². The van der Waals surface area contributed by atoms with Crippen LogP contribution >= 0.6 is 27.5 Å². The van der Waals surface area contributed by atoms with Gasteiger partial charge < -0.3 is 4.74 Å². The maximum atomic E-state index is 6.63. The van der Waals surface area contributed by atoms with Crippen LogP contribution in [0.15, 0.2) is 40.9 Å². The van der Waals surface area contributed by atoms with Crippen LogP contribution < -0.4 is 4.74 Å². The Hall–Kier alpha value is -0.990. The van der Waals surface area contributed by atoms with Gasteiger partial charge in [-0.1, -0.05) is 39.7 Å². The first kappa shape index (κ1) is 14.4. The number of methoxy groups -OCH3 is 1. The van der Waals surface area contributed by atoms with Gasteiger partial charge >= 0.3 is 0 Å². The molecule has 0 radical (unpaired) electrons. The number of benzene rings is 2. The minimum Gasteiger partial charge on any atom is -0.496 e. The van der Waals surface area contributed by atoms with E-state index in [-0.39, 0.29) is 5.38 Å². The van der Waals surface area contributed by atoms with E-state index in [2.05, 4.69) is 48.0 Å². The van der Waals surface area contributed by atoms with Crippen LogP contribution in [0.3, 0.4) is 0 Å². The van der Waals surface area contributed by atoms with E-state index in [9.17, 15) is 0 Å². The lowest BCUT2D eigenvalue weighted by molar-refractivity contribution is 0.410. The zero-order valence-corrected chi connectivity index (χ0v) is 13.5. The van der Waals surface area contributed by atoms with E-state index in [1.165, 1.54) is 11.1 Å². The SMILES string of the molecule is COc1ccc(C)cc1C(Cl)c1cc(C)cc(Br)c1. The minimum absolute atomic E-state index is 0.217. The van der Waals surface area contributed by atoms with Crippen molar-refractivity contribution in [2.45, 2.75) is 19.2 Å². The van der Waals surface area contributed by atoms with Crippen molar-refractivity contribution >= 4 is 27.5 Å². The Morgan fingerprint density at radius 1 is 1.05 bits per heavy atom. The maximum Gasteiger partial charge on any atom is 0.123 e. The molecule has 0 aliphatic heterocycles. The zero-order valence-electron chi connectivity index (χ0n) is 11.2. The van der Waals surface area contributed by atoms with Gasteiger partial charge in [0, 0.05) is 10.0 Å². The number of hydrogen-bond acceptors (Lipinski definition) is 1. The van der Waals surface area contributed by atoms with Crippen molar-refractivity contribution in [3.8, 4) is 5.75 Å². The summed E-state index contributed by atoms with van der Waals surface area (Å²) < 4.78 is 6.45. The van der Waals surface area contributed by atoms with E-state index in [0.717, 1.165) is 21.3 Å². The number of alkyl halides is 1. The summed E-state index contributed by atoms with van der Waals surface area (Å²) in [6, 6.07) is 12.3. The molecular formula is C16H16BrClO. The van der Waals surface area contributed by atoms with Crippen molar-refractivity contribution in [3.63, 3.8) is 0 Å². The lowest BCUT2D eigenvalue weighted by atomic mass is 10.0. The van der Waals surface area contributed by atoms with Gasteiger partial charge in [0.25, 0.3) is 0 Å². The number of hydrogen-bond donors (Lipinski definition) is 0. The molecule has 100 valence electrons. The van der Waals surface area contributed by atoms with E-state index in [1.54, 1.807) is 7.11 Å². The molecule has 0 saturated heterocycles. The average molecular weight is 340 g/mol. The smallest absolute Gasteiger partial charge is 0.123 e. The maximum absolute atomic E-state index is 6.63. The highest BCUT2D eigenvalue weighted by molar-refractivity contribution is 9.10. The highest BCUT2D eigenvalue weighted by Crippen LogP contribution is 2.36. The summed E-state index contributed by atoms with van der Waals surface area (Å²) in [6.45, 7) is 4.12. The van der Waals surface area contributed by atoms with Gasteiger partial charge in [-0.05, 0) is 43.2 Å². The van der Waals surface area contributed by atoms with Crippen molar-refractivity contribution in [1.29, 1.82) is 0 Å². The number of ether oxygens (including phenoxy) is 1. The lowest BCUT2D eigenvalue weighted by Crippen LogP contribution is -1.98. The van der Waals surface area contributed by atoms with Gasteiger partial charge in [0.1, 0.15) is 5.75 Å². The molecular weight excluding hydrogens is 324 g/mol. The zero-order chi connectivity index (χ0) is 14.0. The Balaban J connectivity index is 2.48. The summed E-state index contributed by atoms with van der Waals surface area (Å²) >= 11 is 10.1. The predicted molar refractivity (Wildman–Crippen MR) is 84.3 cm³/mol. The van der Waals surface area contributed by atoms with Gasteiger partial charge in [-0.15, -0.1) is 11.6 Å². The molecule has 0 aliphatic carbocycles. The molecule has 2 aromatic carbocycles. The van der Waals surface area contributed by atoms with Gasteiger partial charge in [-0.3, -0.25) is 0 Å². The third-order valence-corrected chi connectivity index (χ3v) is 3.96. The van der Waals surface area contributed by atoms with Crippen LogP contribution in [0.2, 0.25) is 0 Å². The van der Waals surface area contributed by atoms with Crippen LogP contribution in [0, 0.1) is 13.8 Å². The molecule has 0 aliphatic rings. The highest BCUT2D eigenvalue weighted by Gasteiger charge is 2.16. The summed E-state index contributed by atoms with van der Waals surface area (Å²) in [5.41, 5.74) is 4.42. The third-order valence-electron chi connectivity index (χ3n) is 3.02. The lowest BCUT2D eigenvalue weighted by Gasteiger charge is -2.16. The normalized spacial score (nSPS) is 12.3. The highest BCUT2D eigenvalue weighted by atomic mass is 79.9. The second-order valence-corrected chi connectivity index (χ2v) is 6.02. The molecule has 0 aromatic heterocycles. The van der Waals surface area contributed by atoms with Crippen molar-refractivity contribution < 1.29 is 4.74 Å². The van der Waals surface area contributed by atoms with Gasteiger partial charge in [-0.25, -0.2) is 0 Å². The van der Waals surface area contributed by atoms with Crippen LogP contribution in [0.4, 0.5) is 0 Å². The first-order valence-electron chi connectivity index (χ1n) is 6.07. The number of halogens is 2.